The van der Waals surface area contributed by atoms with E-state index in [1.807, 2.05) is 18.2 Å². The Morgan fingerprint density at radius 3 is 2.68 bits per heavy atom. The van der Waals surface area contributed by atoms with Crippen molar-refractivity contribution in [3.8, 4) is 5.75 Å². The van der Waals surface area contributed by atoms with Crippen LogP contribution in [0, 0.1) is 0 Å². The molecule has 0 radical (unpaired) electrons. The zero-order valence-corrected chi connectivity index (χ0v) is 16.6. The second-order valence-corrected chi connectivity index (χ2v) is 9.70. The first-order valence-electron chi connectivity index (χ1n) is 7.04. The van der Waals surface area contributed by atoms with E-state index < -0.39 is 10.0 Å². The smallest absolute Gasteiger partial charge is 0.271 e. The van der Waals surface area contributed by atoms with Crippen LogP contribution in [0.3, 0.4) is 0 Å². The largest absolute Gasteiger partial charge is 0.486 e. The SMILES string of the molecule is O=S(=O)(Nc1ccc(OCc2ccccn2)c(Cl)c1)c1ccc(Br)s1. The first-order valence-corrected chi connectivity index (χ1v) is 10.5. The normalized spacial score (nSPS) is 11.3. The topological polar surface area (TPSA) is 68.3 Å². The van der Waals surface area contributed by atoms with Crippen molar-refractivity contribution in [1.82, 2.24) is 4.98 Å². The Morgan fingerprint density at radius 1 is 1.20 bits per heavy atom. The number of rotatable bonds is 6. The van der Waals surface area contributed by atoms with E-state index in [0.29, 0.717) is 16.5 Å². The van der Waals surface area contributed by atoms with Crippen molar-refractivity contribution in [3.05, 3.63) is 69.2 Å². The molecular formula is C16H12BrClN2O3S2. The highest BCUT2D eigenvalue weighted by Crippen LogP contribution is 2.31. The van der Waals surface area contributed by atoms with Gasteiger partial charge >= 0.3 is 0 Å². The lowest BCUT2D eigenvalue weighted by Gasteiger charge is -2.10. The van der Waals surface area contributed by atoms with Gasteiger partial charge in [0, 0.05) is 6.20 Å². The monoisotopic (exact) mass is 458 g/mol. The zero-order chi connectivity index (χ0) is 17.9. The van der Waals surface area contributed by atoms with Crippen molar-refractivity contribution in [3.63, 3.8) is 0 Å². The lowest BCUT2D eigenvalue weighted by Crippen LogP contribution is -2.11. The van der Waals surface area contributed by atoms with Gasteiger partial charge in [0.2, 0.25) is 0 Å². The molecule has 3 rings (SSSR count). The summed E-state index contributed by atoms with van der Waals surface area (Å²) in [5.41, 5.74) is 1.13. The van der Waals surface area contributed by atoms with Crippen molar-refractivity contribution in [1.29, 1.82) is 0 Å². The Balaban J connectivity index is 1.71. The molecule has 1 N–H and O–H groups in total. The fraction of sp³-hybridized carbons (Fsp3) is 0.0625. The summed E-state index contributed by atoms with van der Waals surface area (Å²) in [5.74, 6) is 0.453. The van der Waals surface area contributed by atoms with E-state index in [0.717, 1.165) is 20.8 Å². The van der Waals surface area contributed by atoms with Crippen LogP contribution in [0.2, 0.25) is 5.02 Å². The third-order valence-electron chi connectivity index (χ3n) is 3.10. The number of halogens is 2. The molecule has 130 valence electrons. The summed E-state index contributed by atoms with van der Waals surface area (Å²) in [6.07, 6.45) is 1.68. The number of sulfonamides is 1. The highest BCUT2D eigenvalue weighted by atomic mass is 79.9. The third-order valence-corrected chi connectivity index (χ3v) is 6.89. The number of thiophene rings is 1. The van der Waals surface area contributed by atoms with Gasteiger partial charge in [-0.15, -0.1) is 11.3 Å². The number of nitrogens with zero attached hydrogens (tertiary/aromatic N) is 1. The molecule has 0 bridgehead atoms. The number of hydrogen-bond donors (Lipinski definition) is 1. The van der Waals surface area contributed by atoms with Gasteiger partial charge in [0.25, 0.3) is 10.0 Å². The predicted octanol–water partition coefficient (Wildman–Crippen LogP) is 4.94. The molecule has 0 unspecified atom stereocenters. The van der Waals surface area contributed by atoms with Crippen molar-refractivity contribution in [2.75, 3.05) is 4.72 Å². The minimum atomic E-state index is -3.65. The molecule has 5 nitrogen and oxygen atoms in total. The zero-order valence-electron chi connectivity index (χ0n) is 12.6. The van der Waals surface area contributed by atoms with Crippen LogP contribution >= 0.6 is 38.9 Å². The molecule has 0 aliphatic heterocycles. The molecule has 0 fully saturated rings. The van der Waals surface area contributed by atoms with Gasteiger partial charge in [-0.2, -0.15) is 0 Å². The first kappa shape index (κ1) is 18.2. The van der Waals surface area contributed by atoms with Crippen LogP contribution in [0.5, 0.6) is 5.75 Å². The van der Waals surface area contributed by atoms with E-state index in [4.69, 9.17) is 16.3 Å². The number of pyridine rings is 1. The van der Waals surface area contributed by atoms with Crippen molar-refractivity contribution < 1.29 is 13.2 Å². The summed E-state index contributed by atoms with van der Waals surface area (Å²) in [7, 11) is -3.65. The van der Waals surface area contributed by atoms with Crippen LogP contribution in [0.4, 0.5) is 5.69 Å². The molecule has 9 heteroatoms. The van der Waals surface area contributed by atoms with Crippen LogP contribution in [0.15, 0.2) is 62.7 Å². The third kappa shape index (κ3) is 4.72. The van der Waals surface area contributed by atoms with Crippen LogP contribution in [0.25, 0.3) is 0 Å². The minimum absolute atomic E-state index is 0.214. The number of benzene rings is 1. The number of ether oxygens (including phenoxy) is 1. The lowest BCUT2D eigenvalue weighted by molar-refractivity contribution is 0.301. The van der Waals surface area contributed by atoms with Gasteiger partial charge < -0.3 is 4.74 Å². The van der Waals surface area contributed by atoms with Gasteiger partial charge in [-0.1, -0.05) is 17.7 Å². The molecule has 1 aromatic carbocycles. The molecule has 3 aromatic rings. The van der Waals surface area contributed by atoms with Crippen LogP contribution < -0.4 is 9.46 Å². The van der Waals surface area contributed by atoms with Crippen LogP contribution in [-0.4, -0.2) is 13.4 Å². The second-order valence-electron chi connectivity index (χ2n) is 4.92. The lowest BCUT2D eigenvalue weighted by atomic mass is 10.3. The molecule has 25 heavy (non-hydrogen) atoms. The van der Waals surface area contributed by atoms with Crippen molar-refractivity contribution >= 4 is 54.6 Å². The van der Waals surface area contributed by atoms with Gasteiger partial charge in [0.1, 0.15) is 16.6 Å². The Bertz CT molecular complexity index is 978. The summed E-state index contributed by atoms with van der Waals surface area (Å²) >= 11 is 10.6. The van der Waals surface area contributed by atoms with Crippen molar-refractivity contribution in [2.24, 2.45) is 0 Å². The van der Waals surface area contributed by atoms with E-state index >= 15 is 0 Å². The van der Waals surface area contributed by atoms with Gasteiger partial charge in [0.15, 0.2) is 0 Å². The maximum atomic E-state index is 12.3. The van der Waals surface area contributed by atoms with E-state index in [2.05, 4.69) is 25.6 Å². The summed E-state index contributed by atoms with van der Waals surface area (Å²) in [4.78, 5) is 4.16. The summed E-state index contributed by atoms with van der Waals surface area (Å²) in [6, 6.07) is 13.5. The number of nitrogens with one attached hydrogen (secondary N) is 1. The average molecular weight is 460 g/mol. The van der Waals surface area contributed by atoms with Crippen LogP contribution in [-0.2, 0) is 16.6 Å². The molecule has 0 saturated carbocycles. The second kappa shape index (κ2) is 7.74. The van der Waals surface area contributed by atoms with E-state index in [1.165, 1.54) is 12.1 Å². The van der Waals surface area contributed by atoms with Crippen molar-refractivity contribution in [2.45, 2.75) is 10.8 Å². The van der Waals surface area contributed by atoms with E-state index in [-0.39, 0.29) is 10.8 Å². The van der Waals surface area contributed by atoms with E-state index in [1.54, 1.807) is 24.4 Å². The summed E-state index contributed by atoms with van der Waals surface area (Å²) < 4.78 is 33.7. The molecule has 2 heterocycles. The Morgan fingerprint density at radius 2 is 2.04 bits per heavy atom. The maximum Gasteiger partial charge on any atom is 0.271 e. The predicted molar refractivity (Wildman–Crippen MR) is 103 cm³/mol. The summed E-state index contributed by atoms with van der Waals surface area (Å²) in [6.45, 7) is 0.273. The molecule has 0 aliphatic carbocycles. The molecule has 0 amide bonds. The van der Waals surface area contributed by atoms with Gasteiger partial charge in [-0.05, 0) is 58.4 Å². The molecule has 2 aromatic heterocycles. The van der Waals surface area contributed by atoms with Gasteiger partial charge in [0.05, 0.1) is 20.2 Å². The van der Waals surface area contributed by atoms with E-state index in [9.17, 15) is 8.42 Å². The van der Waals surface area contributed by atoms with Crippen LogP contribution in [0.1, 0.15) is 5.69 Å². The maximum absolute atomic E-state index is 12.3. The average Bonchev–Trinajstić information content (AvgIpc) is 3.02. The standard InChI is InChI=1S/C16H12BrClN2O3S2/c17-15-6-7-16(24-15)25(21,22)20-11-4-5-14(13(18)9-11)23-10-12-3-1-2-8-19-12/h1-9,20H,10H2. The quantitative estimate of drug-likeness (QED) is 0.567. The molecule has 0 spiro atoms. The fourth-order valence-electron chi connectivity index (χ4n) is 1.96. The minimum Gasteiger partial charge on any atom is -0.486 e. The Kier molecular flexibility index (Phi) is 5.63. The fourth-order valence-corrected chi connectivity index (χ4v) is 5.26. The molecular weight excluding hydrogens is 448 g/mol. The Hall–Kier alpha value is -1.61. The van der Waals surface area contributed by atoms with Gasteiger partial charge in [-0.25, -0.2) is 8.42 Å². The first-order chi connectivity index (χ1) is 11.9. The highest BCUT2D eigenvalue weighted by Gasteiger charge is 2.17. The summed E-state index contributed by atoms with van der Waals surface area (Å²) in [5, 5.41) is 0.309. The highest BCUT2D eigenvalue weighted by molar-refractivity contribution is 9.11. The number of aromatic nitrogens is 1. The van der Waals surface area contributed by atoms with Gasteiger partial charge in [-0.3, -0.25) is 9.71 Å². The number of anilines is 1. The molecule has 0 atom stereocenters. The Labute approximate surface area is 162 Å². The molecule has 0 aliphatic rings. The molecule has 0 saturated heterocycles. The number of hydrogen-bond acceptors (Lipinski definition) is 5.